The highest BCUT2D eigenvalue weighted by Gasteiger charge is 2.35. The highest BCUT2D eigenvalue weighted by atomic mass is 32.2. The van der Waals surface area contributed by atoms with Gasteiger partial charge in [-0.1, -0.05) is 11.2 Å². The summed E-state index contributed by atoms with van der Waals surface area (Å²) in [7, 11) is -3.78. The number of aromatic nitrogens is 1. The van der Waals surface area contributed by atoms with E-state index in [1.165, 1.54) is 6.07 Å². The molecule has 22 heavy (non-hydrogen) atoms. The van der Waals surface area contributed by atoms with E-state index in [1.54, 1.807) is 0 Å². The number of carboxylic acid groups (broad SMARTS) is 1. The van der Waals surface area contributed by atoms with Crippen LogP contribution in [0.4, 0.5) is 4.39 Å². The van der Waals surface area contributed by atoms with Gasteiger partial charge in [-0.25, -0.2) is 17.6 Å². The van der Waals surface area contributed by atoms with Gasteiger partial charge in [-0.15, -0.1) is 0 Å². The molecule has 1 aliphatic heterocycles. The summed E-state index contributed by atoms with van der Waals surface area (Å²) in [5.41, 5.74) is 0.324. The van der Waals surface area contributed by atoms with E-state index in [4.69, 9.17) is 9.84 Å². The van der Waals surface area contributed by atoms with Crippen LogP contribution in [0.2, 0.25) is 0 Å². The monoisotopic (exact) mass is 327 g/mol. The van der Waals surface area contributed by atoms with Gasteiger partial charge >= 0.3 is 5.97 Å². The fourth-order valence-electron chi connectivity index (χ4n) is 1.98. The second kappa shape index (κ2) is 5.18. The van der Waals surface area contributed by atoms with Crippen molar-refractivity contribution in [3.05, 3.63) is 35.8 Å². The molecule has 9 heteroatoms. The highest BCUT2D eigenvalue weighted by molar-refractivity contribution is 7.92. The lowest BCUT2D eigenvalue weighted by molar-refractivity contribution is 0.0415. The average molecular weight is 327 g/mol. The van der Waals surface area contributed by atoms with E-state index < -0.39 is 37.5 Å². The Kier molecular flexibility index (Phi) is 3.45. The van der Waals surface area contributed by atoms with Crippen LogP contribution in [0.3, 0.4) is 0 Å². The van der Waals surface area contributed by atoms with Gasteiger partial charge in [-0.2, -0.15) is 0 Å². The van der Waals surface area contributed by atoms with E-state index in [0.29, 0.717) is 0 Å². The first kappa shape index (κ1) is 14.7. The SMILES string of the molecule is O=C(O)c1cc(-c2ccc(S(=O)(=O)C3COC3)c(F)c2)no1. The van der Waals surface area contributed by atoms with E-state index in [9.17, 15) is 17.6 Å². The quantitative estimate of drug-likeness (QED) is 0.903. The molecule has 2 aromatic rings. The molecule has 0 amide bonds. The molecule has 3 rings (SSSR count). The van der Waals surface area contributed by atoms with Crippen LogP contribution in [0.1, 0.15) is 10.6 Å². The van der Waals surface area contributed by atoms with Gasteiger partial charge in [0.25, 0.3) is 0 Å². The van der Waals surface area contributed by atoms with E-state index in [1.807, 2.05) is 0 Å². The Hall–Kier alpha value is -2.26. The Morgan fingerprint density at radius 3 is 2.55 bits per heavy atom. The Morgan fingerprint density at radius 2 is 2.05 bits per heavy atom. The first-order valence-electron chi connectivity index (χ1n) is 6.21. The molecular weight excluding hydrogens is 317 g/mol. The molecule has 1 aromatic heterocycles. The van der Waals surface area contributed by atoms with Crippen molar-refractivity contribution in [2.24, 2.45) is 0 Å². The third-order valence-electron chi connectivity index (χ3n) is 3.30. The minimum absolute atomic E-state index is 0.0504. The molecule has 1 aromatic carbocycles. The molecule has 0 unspecified atom stereocenters. The Bertz CT molecular complexity index is 840. The van der Waals surface area contributed by atoms with Gasteiger partial charge in [-0.3, -0.25) is 0 Å². The van der Waals surface area contributed by atoms with E-state index in [0.717, 1.165) is 18.2 Å². The Morgan fingerprint density at radius 1 is 1.32 bits per heavy atom. The van der Waals surface area contributed by atoms with Crippen molar-refractivity contribution in [3.63, 3.8) is 0 Å². The molecule has 1 saturated heterocycles. The number of hydrogen-bond acceptors (Lipinski definition) is 6. The molecule has 0 atom stereocenters. The third kappa shape index (κ3) is 2.38. The number of benzene rings is 1. The first-order chi connectivity index (χ1) is 10.4. The Balaban J connectivity index is 1.96. The summed E-state index contributed by atoms with van der Waals surface area (Å²) in [5, 5.41) is 11.5. The van der Waals surface area contributed by atoms with Crippen LogP contribution in [0.25, 0.3) is 11.3 Å². The summed E-state index contributed by atoms with van der Waals surface area (Å²) in [6.07, 6.45) is 0. The fourth-order valence-corrected chi connectivity index (χ4v) is 3.47. The van der Waals surface area contributed by atoms with Crippen LogP contribution in [0, 0.1) is 5.82 Å². The maximum atomic E-state index is 14.1. The standard InChI is InChI=1S/C13H10FNO6S/c14-9-3-7(10-4-11(13(16)17)21-15-10)1-2-12(9)22(18,19)8-5-20-6-8/h1-4,8H,5-6H2,(H,16,17). The lowest BCUT2D eigenvalue weighted by Gasteiger charge is -2.25. The molecule has 0 aliphatic carbocycles. The average Bonchev–Trinajstić information content (AvgIpc) is 2.85. The summed E-state index contributed by atoms with van der Waals surface area (Å²) in [5.74, 6) is -2.62. The van der Waals surface area contributed by atoms with Crippen molar-refractivity contribution in [2.45, 2.75) is 10.1 Å². The molecule has 2 heterocycles. The summed E-state index contributed by atoms with van der Waals surface area (Å²) >= 11 is 0. The van der Waals surface area contributed by atoms with Crippen molar-refractivity contribution in [1.82, 2.24) is 5.16 Å². The van der Waals surface area contributed by atoms with E-state index in [-0.39, 0.29) is 24.5 Å². The zero-order valence-corrected chi connectivity index (χ0v) is 11.8. The van der Waals surface area contributed by atoms with Gasteiger partial charge in [0.2, 0.25) is 5.76 Å². The zero-order chi connectivity index (χ0) is 15.9. The number of ether oxygens (including phenoxy) is 1. The lowest BCUT2D eigenvalue weighted by Crippen LogP contribution is -2.40. The maximum absolute atomic E-state index is 14.1. The summed E-state index contributed by atoms with van der Waals surface area (Å²) < 4.78 is 47.8. The van der Waals surface area contributed by atoms with Crippen LogP contribution in [-0.2, 0) is 14.6 Å². The van der Waals surface area contributed by atoms with Crippen LogP contribution >= 0.6 is 0 Å². The molecular formula is C13H10FNO6S. The summed E-state index contributed by atoms with van der Waals surface area (Å²) in [6.45, 7) is 0.101. The summed E-state index contributed by atoms with van der Waals surface area (Å²) in [4.78, 5) is 10.3. The van der Waals surface area contributed by atoms with Gasteiger partial charge < -0.3 is 14.4 Å². The third-order valence-corrected chi connectivity index (χ3v) is 5.40. The summed E-state index contributed by atoms with van der Waals surface area (Å²) in [6, 6.07) is 4.59. The zero-order valence-electron chi connectivity index (χ0n) is 11.0. The number of carbonyl (C=O) groups is 1. The van der Waals surface area contributed by atoms with Crippen LogP contribution in [0.15, 0.2) is 33.7 Å². The van der Waals surface area contributed by atoms with E-state index in [2.05, 4.69) is 9.68 Å². The number of carboxylic acids is 1. The molecule has 0 bridgehead atoms. The predicted molar refractivity (Wildman–Crippen MR) is 70.6 cm³/mol. The van der Waals surface area contributed by atoms with Gasteiger partial charge in [-0.05, 0) is 12.1 Å². The first-order valence-corrected chi connectivity index (χ1v) is 7.76. The van der Waals surface area contributed by atoms with Gasteiger partial charge in [0, 0.05) is 11.6 Å². The lowest BCUT2D eigenvalue weighted by atomic mass is 10.1. The molecule has 7 nitrogen and oxygen atoms in total. The van der Waals surface area contributed by atoms with Gasteiger partial charge in [0.05, 0.1) is 13.2 Å². The molecule has 116 valence electrons. The topological polar surface area (TPSA) is 107 Å². The number of aromatic carboxylic acids is 1. The smallest absolute Gasteiger partial charge is 0.374 e. The van der Waals surface area contributed by atoms with Gasteiger partial charge in [0.15, 0.2) is 9.84 Å². The number of hydrogen-bond donors (Lipinski definition) is 1. The molecule has 0 radical (unpaired) electrons. The maximum Gasteiger partial charge on any atom is 0.374 e. The number of nitrogens with zero attached hydrogens (tertiary/aromatic N) is 1. The van der Waals surface area contributed by atoms with E-state index >= 15 is 0 Å². The molecule has 1 aliphatic rings. The molecule has 1 N–H and O–H groups in total. The molecule has 1 fully saturated rings. The minimum Gasteiger partial charge on any atom is -0.475 e. The molecule has 0 spiro atoms. The number of rotatable bonds is 4. The van der Waals surface area contributed by atoms with Crippen molar-refractivity contribution in [1.29, 1.82) is 0 Å². The van der Waals surface area contributed by atoms with Crippen LogP contribution in [0.5, 0.6) is 0 Å². The highest BCUT2D eigenvalue weighted by Crippen LogP contribution is 2.28. The number of sulfone groups is 1. The second-order valence-electron chi connectivity index (χ2n) is 4.73. The van der Waals surface area contributed by atoms with Crippen molar-refractivity contribution in [3.8, 4) is 11.3 Å². The van der Waals surface area contributed by atoms with Crippen LogP contribution < -0.4 is 0 Å². The van der Waals surface area contributed by atoms with Gasteiger partial charge in [0.1, 0.15) is 21.7 Å². The Labute approximate surface area is 124 Å². The normalized spacial score (nSPS) is 15.5. The van der Waals surface area contributed by atoms with Crippen molar-refractivity contribution < 1.29 is 32.0 Å². The predicted octanol–water partition coefficient (Wildman–Crippen LogP) is 1.35. The number of halogens is 1. The largest absolute Gasteiger partial charge is 0.475 e. The minimum atomic E-state index is -3.78. The van der Waals surface area contributed by atoms with Crippen molar-refractivity contribution >= 4 is 15.8 Å². The fraction of sp³-hybridized carbons (Fsp3) is 0.231. The second-order valence-corrected chi connectivity index (χ2v) is 6.93. The van der Waals surface area contributed by atoms with Crippen LogP contribution in [-0.4, -0.2) is 43.1 Å². The van der Waals surface area contributed by atoms with Crippen molar-refractivity contribution in [2.75, 3.05) is 13.2 Å². The molecule has 0 saturated carbocycles.